The number of rotatable bonds is 7. The van der Waals surface area contributed by atoms with Crippen molar-refractivity contribution >= 4 is 6.41 Å². The molecule has 0 saturated heterocycles. The van der Waals surface area contributed by atoms with Gasteiger partial charge in [-0.05, 0) is 11.8 Å². The second-order valence-corrected chi connectivity index (χ2v) is 4.12. The zero-order valence-electron chi connectivity index (χ0n) is 8.52. The standard InChI is InChI=1S/C10H21NO/c1-4-5-6-7-10(2,3)8-11-9-12/h9H,4-8H2,1-3H3,(H,11,12). The predicted octanol–water partition coefficient (Wildman–Crippen LogP) is 2.34. The van der Waals surface area contributed by atoms with Crippen molar-refractivity contribution in [2.45, 2.75) is 46.5 Å². The topological polar surface area (TPSA) is 29.1 Å². The van der Waals surface area contributed by atoms with E-state index in [2.05, 4.69) is 26.1 Å². The van der Waals surface area contributed by atoms with E-state index in [0.717, 1.165) is 13.0 Å². The Kier molecular flexibility index (Phi) is 5.77. The van der Waals surface area contributed by atoms with Crippen LogP contribution in [0.1, 0.15) is 46.5 Å². The molecular formula is C10H21NO. The van der Waals surface area contributed by atoms with Gasteiger partial charge >= 0.3 is 0 Å². The van der Waals surface area contributed by atoms with Gasteiger partial charge in [0.05, 0.1) is 0 Å². The molecule has 0 aliphatic rings. The fraction of sp³-hybridized carbons (Fsp3) is 0.900. The Labute approximate surface area is 75.7 Å². The Morgan fingerprint density at radius 3 is 2.50 bits per heavy atom. The third kappa shape index (κ3) is 6.20. The molecule has 0 aliphatic carbocycles. The van der Waals surface area contributed by atoms with Crippen LogP contribution in [-0.2, 0) is 4.79 Å². The van der Waals surface area contributed by atoms with Gasteiger partial charge in [0.1, 0.15) is 0 Å². The van der Waals surface area contributed by atoms with Crippen LogP contribution < -0.4 is 5.32 Å². The average Bonchev–Trinajstić information content (AvgIpc) is 2.01. The van der Waals surface area contributed by atoms with Gasteiger partial charge < -0.3 is 5.32 Å². The third-order valence-electron chi connectivity index (χ3n) is 2.12. The molecule has 0 spiro atoms. The number of hydrogen-bond acceptors (Lipinski definition) is 1. The van der Waals surface area contributed by atoms with Crippen LogP contribution in [0.3, 0.4) is 0 Å². The molecule has 0 unspecified atom stereocenters. The van der Waals surface area contributed by atoms with Gasteiger partial charge in [-0.3, -0.25) is 4.79 Å². The summed E-state index contributed by atoms with van der Waals surface area (Å²) in [6.07, 6.45) is 5.80. The molecule has 0 aromatic heterocycles. The fourth-order valence-corrected chi connectivity index (χ4v) is 1.26. The highest BCUT2D eigenvalue weighted by molar-refractivity contribution is 5.45. The van der Waals surface area contributed by atoms with Crippen molar-refractivity contribution in [2.75, 3.05) is 6.54 Å². The molecule has 2 heteroatoms. The fourth-order valence-electron chi connectivity index (χ4n) is 1.26. The van der Waals surface area contributed by atoms with Crippen LogP contribution in [-0.4, -0.2) is 13.0 Å². The predicted molar refractivity (Wildman–Crippen MR) is 52.0 cm³/mol. The molecule has 0 radical (unpaired) electrons. The van der Waals surface area contributed by atoms with Gasteiger partial charge in [0, 0.05) is 6.54 Å². The van der Waals surface area contributed by atoms with Crippen molar-refractivity contribution in [3.05, 3.63) is 0 Å². The van der Waals surface area contributed by atoms with Crippen LogP contribution in [0.5, 0.6) is 0 Å². The van der Waals surface area contributed by atoms with E-state index < -0.39 is 0 Å². The number of hydrogen-bond donors (Lipinski definition) is 1. The average molecular weight is 171 g/mol. The van der Waals surface area contributed by atoms with Gasteiger partial charge in [0.15, 0.2) is 0 Å². The van der Waals surface area contributed by atoms with Crippen molar-refractivity contribution in [3.63, 3.8) is 0 Å². The van der Waals surface area contributed by atoms with Gasteiger partial charge in [-0.25, -0.2) is 0 Å². The highest BCUT2D eigenvalue weighted by Gasteiger charge is 2.15. The minimum Gasteiger partial charge on any atom is -0.358 e. The van der Waals surface area contributed by atoms with Crippen molar-refractivity contribution in [1.82, 2.24) is 5.32 Å². The van der Waals surface area contributed by atoms with Crippen LogP contribution in [0.15, 0.2) is 0 Å². The summed E-state index contributed by atoms with van der Waals surface area (Å²) in [7, 11) is 0. The molecule has 0 fully saturated rings. The van der Waals surface area contributed by atoms with E-state index in [1.165, 1.54) is 25.7 Å². The van der Waals surface area contributed by atoms with E-state index in [0.29, 0.717) is 0 Å². The number of unbranched alkanes of at least 4 members (excludes halogenated alkanes) is 2. The second-order valence-electron chi connectivity index (χ2n) is 4.12. The van der Waals surface area contributed by atoms with Crippen LogP contribution in [0.2, 0.25) is 0 Å². The van der Waals surface area contributed by atoms with Crippen LogP contribution in [0.4, 0.5) is 0 Å². The normalized spacial score (nSPS) is 11.2. The largest absolute Gasteiger partial charge is 0.358 e. The van der Waals surface area contributed by atoms with E-state index >= 15 is 0 Å². The molecular weight excluding hydrogens is 150 g/mol. The zero-order chi connectivity index (χ0) is 9.45. The lowest BCUT2D eigenvalue weighted by Gasteiger charge is -2.23. The number of amides is 1. The van der Waals surface area contributed by atoms with E-state index in [9.17, 15) is 4.79 Å². The summed E-state index contributed by atoms with van der Waals surface area (Å²) < 4.78 is 0. The summed E-state index contributed by atoms with van der Waals surface area (Å²) in [6, 6.07) is 0. The molecule has 0 atom stereocenters. The van der Waals surface area contributed by atoms with Crippen LogP contribution >= 0.6 is 0 Å². The highest BCUT2D eigenvalue weighted by Crippen LogP contribution is 2.22. The SMILES string of the molecule is CCCCCC(C)(C)CNC=O. The lowest BCUT2D eigenvalue weighted by Crippen LogP contribution is -2.28. The van der Waals surface area contributed by atoms with Crippen LogP contribution in [0.25, 0.3) is 0 Å². The molecule has 0 aromatic carbocycles. The molecule has 0 rings (SSSR count). The highest BCUT2D eigenvalue weighted by atomic mass is 16.1. The molecule has 0 aromatic rings. The van der Waals surface area contributed by atoms with E-state index in [1.807, 2.05) is 0 Å². The van der Waals surface area contributed by atoms with E-state index in [1.54, 1.807) is 0 Å². The Hall–Kier alpha value is -0.530. The first-order valence-corrected chi connectivity index (χ1v) is 4.79. The van der Waals surface area contributed by atoms with Crippen molar-refractivity contribution < 1.29 is 4.79 Å². The minimum atomic E-state index is 0.260. The molecule has 0 aliphatic heterocycles. The first kappa shape index (κ1) is 11.5. The van der Waals surface area contributed by atoms with Gasteiger partial charge in [0.25, 0.3) is 0 Å². The maximum atomic E-state index is 10.1. The monoisotopic (exact) mass is 171 g/mol. The third-order valence-corrected chi connectivity index (χ3v) is 2.12. The quantitative estimate of drug-likeness (QED) is 0.462. The summed E-state index contributed by atoms with van der Waals surface area (Å²) in [6.45, 7) is 7.38. The van der Waals surface area contributed by atoms with Gasteiger partial charge in [-0.1, -0.05) is 40.0 Å². The first-order chi connectivity index (χ1) is 5.62. The summed E-state index contributed by atoms with van der Waals surface area (Å²) >= 11 is 0. The van der Waals surface area contributed by atoms with E-state index in [4.69, 9.17) is 0 Å². The molecule has 12 heavy (non-hydrogen) atoms. The molecule has 0 heterocycles. The van der Waals surface area contributed by atoms with Crippen molar-refractivity contribution in [3.8, 4) is 0 Å². The summed E-state index contributed by atoms with van der Waals surface area (Å²) in [5.41, 5.74) is 0.260. The minimum absolute atomic E-state index is 0.260. The van der Waals surface area contributed by atoms with Crippen molar-refractivity contribution in [1.29, 1.82) is 0 Å². The molecule has 2 nitrogen and oxygen atoms in total. The van der Waals surface area contributed by atoms with E-state index in [-0.39, 0.29) is 5.41 Å². The van der Waals surface area contributed by atoms with Gasteiger partial charge in [0.2, 0.25) is 6.41 Å². The molecule has 0 bridgehead atoms. The number of carbonyl (C=O) groups excluding carboxylic acids is 1. The lowest BCUT2D eigenvalue weighted by molar-refractivity contribution is -0.109. The number of carbonyl (C=O) groups is 1. The maximum Gasteiger partial charge on any atom is 0.207 e. The van der Waals surface area contributed by atoms with Crippen molar-refractivity contribution in [2.24, 2.45) is 5.41 Å². The molecule has 1 N–H and O–H groups in total. The number of nitrogens with one attached hydrogen (secondary N) is 1. The molecule has 72 valence electrons. The Morgan fingerprint density at radius 1 is 1.33 bits per heavy atom. The molecule has 0 saturated carbocycles. The lowest BCUT2D eigenvalue weighted by atomic mass is 9.87. The van der Waals surface area contributed by atoms with Gasteiger partial charge in [-0.15, -0.1) is 0 Å². The first-order valence-electron chi connectivity index (χ1n) is 4.79. The maximum absolute atomic E-state index is 10.1. The van der Waals surface area contributed by atoms with Gasteiger partial charge in [-0.2, -0.15) is 0 Å². The Bertz CT molecular complexity index is 121. The molecule has 1 amide bonds. The smallest absolute Gasteiger partial charge is 0.207 e. The zero-order valence-corrected chi connectivity index (χ0v) is 8.52. The summed E-state index contributed by atoms with van der Waals surface area (Å²) in [4.78, 5) is 10.1. The van der Waals surface area contributed by atoms with Crippen LogP contribution in [0, 0.1) is 5.41 Å². The second kappa shape index (κ2) is 6.04. The summed E-state index contributed by atoms with van der Waals surface area (Å²) in [5, 5.41) is 2.73. The summed E-state index contributed by atoms with van der Waals surface area (Å²) in [5.74, 6) is 0. The Balaban J connectivity index is 3.48. The Morgan fingerprint density at radius 2 is 2.00 bits per heavy atom.